The van der Waals surface area contributed by atoms with E-state index in [0.29, 0.717) is 17.3 Å². The Morgan fingerprint density at radius 1 is 1.35 bits per heavy atom. The van der Waals surface area contributed by atoms with Gasteiger partial charge in [0.15, 0.2) is 0 Å². The minimum Gasteiger partial charge on any atom is -0.444 e. The number of pyridine rings is 1. The van der Waals surface area contributed by atoms with Crippen LogP contribution in [0.5, 0.6) is 0 Å². The van der Waals surface area contributed by atoms with Crippen LogP contribution in [0.4, 0.5) is 16.3 Å². The average Bonchev–Trinajstić information content (AvgIpc) is 2.37. The van der Waals surface area contributed by atoms with Gasteiger partial charge in [-0.1, -0.05) is 20.3 Å². The first-order valence-corrected chi connectivity index (χ1v) is 8.36. The van der Waals surface area contributed by atoms with Gasteiger partial charge in [-0.2, -0.15) is 0 Å². The molecular formula is C18H29N3O2. The molecule has 1 aliphatic carbocycles. The quantitative estimate of drug-likeness (QED) is 0.839. The third-order valence-electron chi connectivity index (χ3n) is 3.97. The zero-order valence-corrected chi connectivity index (χ0v) is 14.9. The van der Waals surface area contributed by atoms with Crippen molar-refractivity contribution in [3.05, 3.63) is 18.3 Å². The molecule has 23 heavy (non-hydrogen) atoms. The van der Waals surface area contributed by atoms with Crippen LogP contribution in [0.1, 0.15) is 60.3 Å². The lowest BCUT2D eigenvalue weighted by Crippen LogP contribution is -2.31. The van der Waals surface area contributed by atoms with Crippen molar-refractivity contribution in [2.24, 2.45) is 5.41 Å². The summed E-state index contributed by atoms with van der Waals surface area (Å²) in [6.45, 7) is 10.1. The molecule has 1 heterocycles. The number of carbonyl (C=O) groups excluding carboxylic acids is 1. The number of hydrogen-bond acceptors (Lipinski definition) is 4. The Labute approximate surface area is 139 Å². The molecule has 5 heteroatoms. The van der Waals surface area contributed by atoms with Gasteiger partial charge in [0.05, 0.1) is 11.9 Å². The van der Waals surface area contributed by atoms with Crippen LogP contribution in [-0.4, -0.2) is 22.7 Å². The highest BCUT2D eigenvalue weighted by atomic mass is 16.6. The smallest absolute Gasteiger partial charge is 0.413 e. The normalized spacial score (nSPS) is 20.7. The van der Waals surface area contributed by atoms with E-state index in [2.05, 4.69) is 29.5 Å². The highest BCUT2D eigenvalue weighted by Gasteiger charge is 2.27. The summed E-state index contributed by atoms with van der Waals surface area (Å²) in [7, 11) is 0. The number of amides is 1. The minimum absolute atomic E-state index is 0.404. The van der Waals surface area contributed by atoms with Crippen LogP contribution < -0.4 is 10.6 Å². The summed E-state index contributed by atoms with van der Waals surface area (Å²) in [4.78, 5) is 16.0. The molecule has 0 bridgehead atoms. The molecule has 2 rings (SSSR count). The molecule has 1 unspecified atom stereocenters. The van der Waals surface area contributed by atoms with Crippen molar-refractivity contribution in [1.29, 1.82) is 0 Å². The molecule has 2 N–H and O–H groups in total. The summed E-state index contributed by atoms with van der Waals surface area (Å²) < 4.78 is 5.21. The van der Waals surface area contributed by atoms with Crippen molar-refractivity contribution >= 4 is 17.6 Å². The zero-order chi connectivity index (χ0) is 17.1. The monoisotopic (exact) mass is 319 g/mol. The molecule has 1 amide bonds. The molecule has 1 atom stereocenters. The number of anilines is 2. The summed E-state index contributed by atoms with van der Waals surface area (Å²) in [5.41, 5.74) is 0.878. The fourth-order valence-electron chi connectivity index (χ4n) is 3.02. The van der Waals surface area contributed by atoms with Gasteiger partial charge in [0, 0.05) is 6.04 Å². The molecule has 0 radical (unpaired) electrons. The van der Waals surface area contributed by atoms with E-state index < -0.39 is 11.7 Å². The molecule has 0 saturated heterocycles. The van der Waals surface area contributed by atoms with Crippen LogP contribution >= 0.6 is 0 Å². The van der Waals surface area contributed by atoms with E-state index in [0.717, 1.165) is 5.69 Å². The second-order valence-corrected chi connectivity index (χ2v) is 8.16. The van der Waals surface area contributed by atoms with Crippen molar-refractivity contribution in [3.63, 3.8) is 0 Å². The fourth-order valence-corrected chi connectivity index (χ4v) is 3.02. The number of rotatable bonds is 3. The minimum atomic E-state index is -0.515. The van der Waals surface area contributed by atoms with Gasteiger partial charge in [-0.05, 0) is 57.6 Å². The fraction of sp³-hybridized carbons (Fsp3) is 0.667. The second kappa shape index (κ2) is 6.77. The molecule has 1 fully saturated rings. The van der Waals surface area contributed by atoms with Crippen molar-refractivity contribution in [1.82, 2.24) is 4.98 Å². The van der Waals surface area contributed by atoms with Crippen molar-refractivity contribution in [3.8, 4) is 0 Å². The molecule has 5 nitrogen and oxygen atoms in total. The van der Waals surface area contributed by atoms with E-state index in [1.165, 1.54) is 25.7 Å². The van der Waals surface area contributed by atoms with Crippen LogP contribution in [0.25, 0.3) is 0 Å². The van der Waals surface area contributed by atoms with Crippen LogP contribution in [-0.2, 0) is 4.74 Å². The Morgan fingerprint density at radius 2 is 2.09 bits per heavy atom. The Morgan fingerprint density at radius 3 is 2.65 bits per heavy atom. The zero-order valence-electron chi connectivity index (χ0n) is 14.9. The molecule has 0 aromatic carbocycles. The third kappa shape index (κ3) is 6.08. The largest absolute Gasteiger partial charge is 0.444 e. The van der Waals surface area contributed by atoms with Gasteiger partial charge in [-0.15, -0.1) is 0 Å². The highest BCUT2D eigenvalue weighted by Crippen LogP contribution is 2.36. The number of ether oxygens (including phenoxy) is 1. The average molecular weight is 319 g/mol. The van der Waals surface area contributed by atoms with Crippen LogP contribution in [0.2, 0.25) is 0 Å². The maximum absolute atomic E-state index is 11.7. The third-order valence-corrected chi connectivity index (χ3v) is 3.97. The molecule has 1 saturated carbocycles. The first kappa shape index (κ1) is 17.6. The van der Waals surface area contributed by atoms with E-state index in [1.54, 1.807) is 12.3 Å². The molecule has 0 aliphatic heterocycles. The number of nitrogens with one attached hydrogen (secondary N) is 2. The Hall–Kier alpha value is -1.78. The lowest BCUT2D eigenvalue weighted by molar-refractivity contribution is 0.0635. The first-order valence-electron chi connectivity index (χ1n) is 8.36. The summed E-state index contributed by atoms with van der Waals surface area (Å²) >= 11 is 0. The van der Waals surface area contributed by atoms with Gasteiger partial charge in [0.2, 0.25) is 0 Å². The molecule has 128 valence electrons. The number of nitrogens with zero attached hydrogens (tertiary/aromatic N) is 1. The first-order chi connectivity index (χ1) is 10.6. The van der Waals surface area contributed by atoms with Crippen LogP contribution in [0.15, 0.2) is 18.3 Å². The van der Waals surface area contributed by atoms with E-state index in [1.807, 2.05) is 26.8 Å². The molecular weight excluding hydrogens is 290 g/mol. The highest BCUT2D eigenvalue weighted by molar-refractivity contribution is 5.83. The van der Waals surface area contributed by atoms with Crippen molar-refractivity contribution < 1.29 is 9.53 Å². The molecule has 0 spiro atoms. The number of aromatic nitrogens is 1. The van der Waals surface area contributed by atoms with Gasteiger partial charge in [-0.25, -0.2) is 9.78 Å². The second-order valence-electron chi connectivity index (χ2n) is 8.16. The lowest BCUT2D eigenvalue weighted by atomic mass is 9.75. The lowest BCUT2D eigenvalue weighted by Gasteiger charge is -2.36. The van der Waals surface area contributed by atoms with Crippen LogP contribution in [0.3, 0.4) is 0 Å². The van der Waals surface area contributed by atoms with Gasteiger partial charge >= 0.3 is 6.09 Å². The molecule has 1 aromatic rings. The summed E-state index contributed by atoms with van der Waals surface area (Å²) in [5.74, 6) is 0.494. The molecule has 1 aliphatic rings. The standard InChI is InChI=1S/C18H29N3O2/c1-17(2,3)23-16(22)21-15-9-8-14(12-19-15)20-13-7-6-10-18(4,5)11-13/h8-9,12-13,20H,6-7,10-11H2,1-5H3,(H,19,21,22). The molecule has 1 aromatic heterocycles. The predicted molar refractivity (Wildman–Crippen MR) is 93.8 cm³/mol. The van der Waals surface area contributed by atoms with Crippen molar-refractivity contribution in [2.45, 2.75) is 71.9 Å². The van der Waals surface area contributed by atoms with Gasteiger partial charge in [0.25, 0.3) is 0 Å². The summed E-state index contributed by atoms with van der Waals surface area (Å²) in [5, 5.41) is 6.19. The van der Waals surface area contributed by atoms with E-state index >= 15 is 0 Å². The number of hydrogen-bond donors (Lipinski definition) is 2. The maximum Gasteiger partial charge on any atom is 0.413 e. The van der Waals surface area contributed by atoms with Gasteiger partial charge < -0.3 is 10.1 Å². The van der Waals surface area contributed by atoms with Gasteiger partial charge in [0.1, 0.15) is 11.4 Å². The number of carbonyl (C=O) groups is 1. The Bertz CT molecular complexity index is 532. The van der Waals surface area contributed by atoms with Gasteiger partial charge in [-0.3, -0.25) is 5.32 Å². The van der Waals surface area contributed by atoms with E-state index in [-0.39, 0.29) is 0 Å². The topological polar surface area (TPSA) is 63.2 Å². The summed E-state index contributed by atoms with van der Waals surface area (Å²) in [6, 6.07) is 4.23. The Kier molecular flexibility index (Phi) is 5.17. The van der Waals surface area contributed by atoms with E-state index in [9.17, 15) is 4.79 Å². The van der Waals surface area contributed by atoms with E-state index in [4.69, 9.17) is 4.74 Å². The van der Waals surface area contributed by atoms with Crippen LogP contribution in [0, 0.1) is 5.41 Å². The SMILES string of the molecule is CC1(C)CCCC(Nc2ccc(NC(=O)OC(C)(C)C)nc2)C1. The van der Waals surface area contributed by atoms with Crippen molar-refractivity contribution in [2.75, 3.05) is 10.6 Å². The summed E-state index contributed by atoms with van der Waals surface area (Å²) in [6.07, 6.45) is 6.19. The predicted octanol–water partition coefficient (Wildman–Crippen LogP) is 4.81. The Balaban J connectivity index is 1.88. The maximum atomic E-state index is 11.7.